The molecule has 4 rings (SSSR count). The molecule has 0 saturated carbocycles. The number of ether oxygens (including phenoxy) is 3. The minimum Gasteiger partial charge on any atom is -0.482 e. The van der Waals surface area contributed by atoms with Crippen molar-refractivity contribution in [1.29, 1.82) is 0 Å². The average Bonchev–Trinajstić information content (AvgIpc) is 2.90. The van der Waals surface area contributed by atoms with Crippen LogP contribution >= 0.6 is 23.2 Å². The fraction of sp³-hybridized carbons (Fsp3) is 0.344. The zero-order valence-electron chi connectivity index (χ0n) is 22.2. The van der Waals surface area contributed by atoms with Gasteiger partial charge in [-0.05, 0) is 73.9 Å². The number of carboxylic acids is 1. The molecule has 206 valence electrons. The lowest BCUT2D eigenvalue weighted by atomic mass is 9.74. The van der Waals surface area contributed by atoms with Gasteiger partial charge in [-0.2, -0.15) is 0 Å². The number of unbranched alkanes of at least 4 members (excludes halogenated alkanes) is 1. The van der Waals surface area contributed by atoms with Crippen LogP contribution in [0.15, 0.2) is 78.9 Å². The van der Waals surface area contributed by atoms with Gasteiger partial charge in [0.15, 0.2) is 6.61 Å². The summed E-state index contributed by atoms with van der Waals surface area (Å²) in [6.07, 6.45) is 3.31. The molecule has 0 spiro atoms. The van der Waals surface area contributed by atoms with Crippen molar-refractivity contribution >= 4 is 29.2 Å². The second-order valence-corrected chi connectivity index (χ2v) is 10.9. The van der Waals surface area contributed by atoms with Gasteiger partial charge in [-0.3, -0.25) is 0 Å². The summed E-state index contributed by atoms with van der Waals surface area (Å²) in [6, 6.07) is 20.5. The van der Waals surface area contributed by atoms with Crippen molar-refractivity contribution in [1.82, 2.24) is 0 Å². The maximum atomic E-state index is 11.4. The fourth-order valence-electron chi connectivity index (χ4n) is 5.19. The molecule has 3 aromatic rings. The van der Waals surface area contributed by atoms with E-state index in [1.54, 1.807) is 24.3 Å². The number of halogens is 2. The zero-order chi connectivity index (χ0) is 27.9. The summed E-state index contributed by atoms with van der Waals surface area (Å²) < 4.78 is 18.8. The summed E-state index contributed by atoms with van der Waals surface area (Å²) in [7, 11) is 0. The zero-order valence-corrected chi connectivity index (χ0v) is 23.8. The highest BCUT2D eigenvalue weighted by molar-refractivity contribution is 6.30. The van der Waals surface area contributed by atoms with Gasteiger partial charge in [0, 0.05) is 27.4 Å². The largest absolute Gasteiger partial charge is 0.482 e. The van der Waals surface area contributed by atoms with Crippen molar-refractivity contribution in [3.8, 4) is 17.2 Å². The Hall–Kier alpha value is -2.99. The lowest BCUT2D eigenvalue weighted by Crippen LogP contribution is -2.36. The van der Waals surface area contributed by atoms with Crippen LogP contribution < -0.4 is 9.47 Å². The first-order valence-corrected chi connectivity index (χ1v) is 14.0. The van der Waals surface area contributed by atoms with Crippen molar-refractivity contribution in [2.45, 2.75) is 57.7 Å². The van der Waals surface area contributed by atoms with Crippen LogP contribution in [0.5, 0.6) is 17.2 Å². The monoisotopic (exact) mass is 568 g/mol. The van der Waals surface area contributed by atoms with Gasteiger partial charge < -0.3 is 19.3 Å². The molecule has 7 heteroatoms. The number of aliphatic carboxylic acids is 1. The maximum Gasteiger partial charge on any atom is 0.341 e. The Labute approximate surface area is 240 Å². The summed E-state index contributed by atoms with van der Waals surface area (Å²) in [5, 5.41) is 10.6. The fourth-order valence-corrected chi connectivity index (χ4v) is 5.57. The van der Waals surface area contributed by atoms with Crippen LogP contribution in [0.2, 0.25) is 10.0 Å². The molecule has 0 aliphatic carbocycles. The second kappa shape index (κ2) is 13.4. The van der Waals surface area contributed by atoms with E-state index >= 15 is 0 Å². The van der Waals surface area contributed by atoms with E-state index in [1.165, 1.54) is 0 Å². The molecule has 5 nitrogen and oxygen atoms in total. The van der Waals surface area contributed by atoms with E-state index < -0.39 is 18.7 Å². The predicted molar refractivity (Wildman–Crippen MR) is 155 cm³/mol. The van der Waals surface area contributed by atoms with Crippen LogP contribution in [-0.2, 0) is 9.53 Å². The molecule has 1 heterocycles. The molecule has 0 unspecified atom stereocenters. The average molecular weight is 570 g/mol. The normalized spacial score (nSPS) is 20.8. The minimum atomic E-state index is -1.05. The Morgan fingerprint density at radius 2 is 1.77 bits per heavy atom. The Balaban J connectivity index is 1.74. The van der Waals surface area contributed by atoms with Gasteiger partial charge >= 0.3 is 5.97 Å². The summed E-state index contributed by atoms with van der Waals surface area (Å²) >= 11 is 12.5. The SMILES string of the molecule is C=C(C)[C@@H]1C[C@@H](c2cccc(Cl)c2)[C@@H](CCCC)O[C@H]1c1cc(Oc2cccc(Cl)c2)ccc1OCC(=O)O. The molecule has 1 aliphatic rings. The summed E-state index contributed by atoms with van der Waals surface area (Å²) in [6.45, 7) is 8.02. The van der Waals surface area contributed by atoms with E-state index in [9.17, 15) is 9.90 Å². The quantitative estimate of drug-likeness (QED) is 0.233. The van der Waals surface area contributed by atoms with Crippen molar-refractivity contribution in [3.63, 3.8) is 0 Å². The van der Waals surface area contributed by atoms with Gasteiger partial charge in [-0.25, -0.2) is 4.79 Å². The highest BCUT2D eigenvalue weighted by Crippen LogP contribution is 2.50. The van der Waals surface area contributed by atoms with Crippen LogP contribution in [0.1, 0.15) is 62.7 Å². The lowest BCUT2D eigenvalue weighted by Gasteiger charge is -2.43. The van der Waals surface area contributed by atoms with Gasteiger partial charge in [0.25, 0.3) is 0 Å². The Morgan fingerprint density at radius 3 is 2.44 bits per heavy atom. The first-order valence-electron chi connectivity index (χ1n) is 13.2. The topological polar surface area (TPSA) is 65.0 Å². The van der Waals surface area contributed by atoms with Crippen LogP contribution in [0, 0.1) is 5.92 Å². The maximum absolute atomic E-state index is 11.4. The molecule has 4 atom stereocenters. The third-order valence-electron chi connectivity index (χ3n) is 7.07. The molecule has 0 bridgehead atoms. The van der Waals surface area contributed by atoms with Gasteiger partial charge in [0.2, 0.25) is 0 Å². The number of carboxylic acid groups (broad SMARTS) is 1. The van der Waals surface area contributed by atoms with Crippen molar-refractivity contribution in [3.05, 3.63) is 100 Å². The molecule has 1 aliphatic heterocycles. The highest BCUT2D eigenvalue weighted by Gasteiger charge is 2.41. The van der Waals surface area contributed by atoms with Gasteiger partial charge in [-0.1, -0.05) is 73.3 Å². The van der Waals surface area contributed by atoms with Gasteiger partial charge in [0.1, 0.15) is 17.2 Å². The molecular formula is C32H34Cl2O5. The van der Waals surface area contributed by atoms with Crippen LogP contribution in [0.3, 0.4) is 0 Å². The predicted octanol–water partition coefficient (Wildman–Crippen LogP) is 9.25. The smallest absolute Gasteiger partial charge is 0.341 e. The molecule has 1 saturated heterocycles. The van der Waals surface area contributed by atoms with Crippen LogP contribution in [-0.4, -0.2) is 23.8 Å². The molecule has 1 N–H and O–H groups in total. The number of hydrogen-bond acceptors (Lipinski definition) is 4. The van der Waals surface area contributed by atoms with Crippen molar-refractivity contribution in [2.24, 2.45) is 5.92 Å². The number of hydrogen-bond donors (Lipinski definition) is 1. The molecule has 0 amide bonds. The minimum absolute atomic E-state index is 0.0412. The van der Waals surface area contributed by atoms with Crippen LogP contribution in [0.4, 0.5) is 0 Å². The van der Waals surface area contributed by atoms with Gasteiger partial charge in [-0.15, -0.1) is 0 Å². The molecule has 1 fully saturated rings. The van der Waals surface area contributed by atoms with E-state index in [1.807, 2.05) is 43.3 Å². The van der Waals surface area contributed by atoms with Crippen LogP contribution in [0.25, 0.3) is 0 Å². The summed E-state index contributed by atoms with van der Waals surface area (Å²) in [5.41, 5.74) is 2.86. The standard InChI is InChI=1S/C32H34Cl2O5/c1-4-5-12-30-27(21-8-6-9-22(33)15-21)18-26(20(2)3)32(39-30)28-17-25(13-14-29(28)37-19-31(35)36)38-24-11-7-10-23(34)16-24/h6-11,13-17,26-27,30,32H,2,4-5,12,18-19H2,1,3H3,(H,35,36)/t26-,27-,30+,32+/m0/s1. The molecule has 0 aromatic heterocycles. The molecule has 39 heavy (non-hydrogen) atoms. The third kappa shape index (κ3) is 7.57. The van der Waals surface area contributed by atoms with E-state index in [-0.39, 0.29) is 17.9 Å². The first-order chi connectivity index (χ1) is 18.7. The Bertz CT molecular complexity index is 1310. The molecular weight excluding hydrogens is 535 g/mol. The van der Waals surface area contributed by atoms with Crippen molar-refractivity contribution < 1.29 is 24.1 Å². The van der Waals surface area contributed by atoms with Crippen molar-refractivity contribution in [2.75, 3.05) is 6.61 Å². The second-order valence-electron chi connectivity index (χ2n) is 10.0. The Morgan fingerprint density at radius 1 is 1.05 bits per heavy atom. The molecule has 0 radical (unpaired) electrons. The summed E-state index contributed by atoms with van der Waals surface area (Å²) in [5.74, 6) is 0.658. The number of rotatable bonds is 11. The third-order valence-corrected chi connectivity index (χ3v) is 7.54. The highest BCUT2D eigenvalue weighted by atomic mass is 35.5. The van der Waals surface area contributed by atoms with E-state index in [4.69, 9.17) is 37.4 Å². The first kappa shape index (κ1) is 29.0. The lowest BCUT2D eigenvalue weighted by molar-refractivity contribution is -0.139. The summed E-state index contributed by atoms with van der Waals surface area (Å²) in [4.78, 5) is 11.4. The number of carbonyl (C=O) groups is 1. The molecule has 3 aromatic carbocycles. The Kier molecular flexibility index (Phi) is 9.95. The van der Waals surface area contributed by atoms with E-state index in [0.717, 1.165) is 42.4 Å². The van der Waals surface area contributed by atoms with E-state index in [0.29, 0.717) is 27.3 Å². The van der Waals surface area contributed by atoms with E-state index in [2.05, 4.69) is 19.6 Å². The number of benzene rings is 3. The van der Waals surface area contributed by atoms with Gasteiger partial charge in [0.05, 0.1) is 12.2 Å².